The Kier molecular flexibility index (Phi) is 6.42. The number of carbonyl (C=O) groups is 1. The lowest BCUT2D eigenvalue weighted by atomic mass is 10.1. The molecule has 24 heavy (non-hydrogen) atoms. The predicted molar refractivity (Wildman–Crippen MR) is 85.2 cm³/mol. The van der Waals surface area contributed by atoms with Crippen molar-refractivity contribution < 1.29 is 22.7 Å². The number of rotatable bonds is 7. The van der Waals surface area contributed by atoms with Crippen LogP contribution in [0.4, 0.5) is 13.2 Å². The summed E-state index contributed by atoms with van der Waals surface area (Å²) in [7, 11) is 0. The van der Waals surface area contributed by atoms with E-state index in [0.29, 0.717) is 24.1 Å². The van der Waals surface area contributed by atoms with Crippen LogP contribution in [-0.2, 0) is 11.2 Å². The number of carbonyl (C=O) groups excluding carboxylic acids is 1. The summed E-state index contributed by atoms with van der Waals surface area (Å²) in [4.78, 5) is 11.7. The lowest BCUT2D eigenvalue weighted by molar-refractivity contribution is -0.116. The number of halogens is 3. The summed E-state index contributed by atoms with van der Waals surface area (Å²) in [6.45, 7) is -2.56. The molecule has 0 aliphatic rings. The quantitative estimate of drug-likeness (QED) is 0.782. The molecule has 0 aromatic heterocycles. The summed E-state index contributed by atoms with van der Waals surface area (Å²) in [6, 6.07) is 12.3. The third-order valence-electron chi connectivity index (χ3n) is 3.18. The monoisotopic (exact) mass is 335 g/mol. The molecule has 0 fully saturated rings. The Labute approximate surface area is 137 Å². The minimum absolute atomic E-state index is 0.0523. The molecule has 6 heteroatoms. The zero-order valence-electron chi connectivity index (χ0n) is 12.7. The molecule has 2 aromatic rings. The molecule has 0 radical (unpaired) electrons. The standard InChI is InChI=1S/C18H16F3NO2/c19-16-4-2-1-3-14(16)11-12-22-17(23)10-7-13-5-8-15(9-6-13)24-18(20)21/h1-10,18H,11-12H2,(H,22,23)/b10-7+. The van der Waals surface area contributed by atoms with Crippen LogP contribution in [0.1, 0.15) is 11.1 Å². The smallest absolute Gasteiger partial charge is 0.387 e. The first kappa shape index (κ1) is 17.6. The van der Waals surface area contributed by atoms with Crippen LogP contribution in [0, 0.1) is 5.82 Å². The summed E-state index contributed by atoms with van der Waals surface area (Å²) >= 11 is 0. The van der Waals surface area contributed by atoms with Crippen LogP contribution in [0.3, 0.4) is 0 Å². The molecule has 1 N–H and O–H groups in total. The van der Waals surface area contributed by atoms with Crippen LogP contribution in [-0.4, -0.2) is 19.1 Å². The van der Waals surface area contributed by atoms with Gasteiger partial charge in [0.2, 0.25) is 5.91 Å². The van der Waals surface area contributed by atoms with Crippen LogP contribution in [0.15, 0.2) is 54.6 Å². The molecule has 0 aliphatic heterocycles. The number of nitrogens with one attached hydrogen (secondary N) is 1. The zero-order valence-corrected chi connectivity index (χ0v) is 12.7. The van der Waals surface area contributed by atoms with Gasteiger partial charge in [-0.05, 0) is 41.8 Å². The summed E-state index contributed by atoms with van der Waals surface area (Å²) < 4.78 is 41.7. The third-order valence-corrected chi connectivity index (χ3v) is 3.18. The van der Waals surface area contributed by atoms with Gasteiger partial charge in [-0.25, -0.2) is 4.39 Å². The van der Waals surface area contributed by atoms with Crippen molar-refractivity contribution in [1.82, 2.24) is 5.32 Å². The lowest BCUT2D eigenvalue weighted by Crippen LogP contribution is -2.23. The fourth-order valence-corrected chi connectivity index (χ4v) is 2.01. The van der Waals surface area contributed by atoms with Gasteiger partial charge in [0.1, 0.15) is 11.6 Å². The second kappa shape index (κ2) is 8.76. The molecule has 126 valence electrons. The van der Waals surface area contributed by atoms with E-state index in [4.69, 9.17) is 0 Å². The van der Waals surface area contributed by atoms with Gasteiger partial charge in [-0.3, -0.25) is 4.79 Å². The number of alkyl halides is 2. The maximum Gasteiger partial charge on any atom is 0.387 e. The van der Waals surface area contributed by atoms with Gasteiger partial charge in [-0.15, -0.1) is 0 Å². The Bertz CT molecular complexity index is 700. The van der Waals surface area contributed by atoms with Crippen LogP contribution in [0.25, 0.3) is 6.08 Å². The normalized spacial score (nSPS) is 11.0. The van der Waals surface area contributed by atoms with Crippen molar-refractivity contribution in [2.45, 2.75) is 13.0 Å². The Morgan fingerprint density at radius 2 is 1.83 bits per heavy atom. The molecule has 0 bridgehead atoms. The molecule has 0 spiro atoms. The first-order valence-electron chi connectivity index (χ1n) is 7.29. The predicted octanol–water partition coefficient (Wildman–Crippen LogP) is 3.80. The van der Waals surface area contributed by atoms with Crippen LogP contribution in [0.2, 0.25) is 0 Å². The van der Waals surface area contributed by atoms with Crippen molar-refractivity contribution in [3.05, 3.63) is 71.6 Å². The van der Waals surface area contributed by atoms with Gasteiger partial charge in [0.15, 0.2) is 0 Å². The average molecular weight is 335 g/mol. The summed E-state index contributed by atoms with van der Waals surface area (Å²) in [5.74, 6) is -0.566. The molecule has 1 amide bonds. The highest BCUT2D eigenvalue weighted by atomic mass is 19.3. The van der Waals surface area contributed by atoms with Crippen molar-refractivity contribution in [1.29, 1.82) is 0 Å². The van der Waals surface area contributed by atoms with Gasteiger partial charge in [0.05, 0.1) is 0 Å². The van der Waals surface area contributed by atoms with Gasteiger partial charge in [-0.2, -0.15) is 8.78 Å². The van der Waals surface area contributed by atoms with Gasteiger partial charge < -0.3 is 10.1 Å². The summed E-state index contributed by atoms with van der Waals surface area (Å²) in [6.07, 6.45) is 3.26. The van der Waals surface area contributed by atoms with Crippen molar-refractivity contribution in [2.75, 3.05) is 6.54 Å². The molecule has 2 rings (SSSR count). The minimum Gasteiger partial charge on any atom is -0.435 e. The van der Waals surface area contributed by atoms with E-state index >= 15 is 0 Å². The number of benzene rings is 2. The zero-order chi connectivity index (χ0) is 17.4. The third kappa shape index (κ3) is 5.79. The SMILES string of the molecule is O=C(/C=C/c1ccc(OC(F)F)cc1)NCCc1ccccc1F. The van der Waals surface area contributed by atoms with E-state index < -0.39 is 6.61 Å². The van der Waals surface area contributed by atoms with Crippen molar-refractivity contribution >= 4 is 12.0 Å². The van der Waals surface area contributed by atoms with E-state index in [-0.39, 0.29) is 17.5 Å². The van der Waals surface area contributed by atoms with Gasteiger partial charge >= 0.3 is 6.61 Å². The number of hydrogen-bond donors (Lipinski definition) is 1. The molecule has 0 heterocycles. The van der Waals surface area contributed by atoms with E-state index in [9.17, 15) is 18.0 Å². The number of hydrogen-bond acceptors (Lipinski definition) is 2. The number of ether oxygens (including phenoxy) is 1. The number of amides is 1. The molecular formula is C18H16F3NO2. The highest BCUT2D eigenvalue weighted by Gasteiger charge is 2.03. The molecule has 0 saturated carbocycles. The van der Waals surface area contributed by atoms with E-state index in [1.165, 1.54) is 24.3 Å². The fraction of sp³-hybridized carbons (Fsp3) is 0.167. The van der Waals surface area contributed by atoms with E-state index in [1.54, 1.807) is 36.4 Å². The van der Waals surface area contributed by atoms with Gasteiger partial charge in [0.25, 0.3) is 0 Å². The Hall–Kier alpha value is -2.76. The maximum atomic E-state index is 13.4. The van der Waals surface area contributed by atoms with Crippen LogP contribution < -0.4 is 10.1 Å². The molecule has 0 unspecified atom stereocenters. The van der Waals surface area contributed by atoms with E-state index in [1.807, 2.05) is 0 Å². The topological polar surface area (TPSA) is 38.3 Å². The molecule has 0 aliphatic carbocycles. The second-order valence-corrected chi connectivity index (χ2v) is 4.91. The van der Waals surface area contributed by atoms with Crippen molar-refractivity contribution in [3.8, 4) is 5.75 Å². The molecule has 3 nitrogen and oxygen atoms in total. The van der Waals surface area contributed by atoms with Gasteiger partial charge in [0, 0.05) is 12.6 Å². The van der Waals surface area contributed by atoms with E-state index in [0.717, 1.165) is 0 Å². The minimum atomic E-state index is -2.87. The Balaban J connectivity index is 1.79. The maximum absolute atomic E-state index is 13.4. The lowest BCUT2D eigenvalue weighted by Gasteiger charge is -2.04. The largest absolute Gasteiger partial charge is 0.435 e. The second-order valence-electron chi connectivity index (χ2n) is 4.91. The molecule has 0 saturated heterocycles. The summed E-state index contributed by atoms with van der Waals surface area (Å²) in [5.41, 5.74) is 1.21. The van der Waals surface area contributed by atoms with Crippen LogP contribution in [0.5, 0.6) is 5.75 Å². The molecule has 2 aromatic carbocycles. The fourth-order valence-electron chi connectivity index (χ4n) is 2.01. The average Bonchev–Trinajstić information content (AvgIpc) is 2.55. The Morgan fingerprint density at radius 3 is 2.50 bits per heavy atom. The first-order valence-corrected chi connectivity index (χ1v) is 7.29. The van der Waals surface area contributed by atoms with Crippen LogP contribution >= 0.6 is 0 Å². The Morgan fingerprint density at radius 1 is 1.12 bits per heavy atom. The molecule has 0 atom stereocenters. The first-order chi connectivity index (χ1) is 11.5. The highest BCUT2D eigenvalue weighted by Crippen LogP contribution is 2.15. The highest BCUT2D eigenvalue weighted by molar-refractivity contribution is 5.91. The summed E-state index contributed by atoms with van der Waals surface area (Å²) in [5, 5.41) is 2.65. The van der Waals surface area contributed by atoms with Crippen molar-refractivity contribution in [3.63, 3.8) is 0 Å². The molecular weight excluding hydrogens is 319 g/mol. The van der Waals surface area contributed by atoms with Crippen molar-refractivity contribution in [2.24, 2.45) is 0 Å². The van der Waals surface area contributed by atoms with Gasteiger partial charge in [-0.1, -0.05) is 30.3 Å². The van der Waals surface area contributed by atoms with E-state index in [2.05, 4.69) is 10.1 Å².